The zero-order valence-electron chi connectivity index (χ0n) is 13.8. The molecule has 1 aliphatic rings. The zero-order valence-corrected chi connectivity index (χ0v) is 13.8. The van der Waals surface area contributed by atoms with Gasteiger partial charge in [-0.25, -0.2) is 0 Å². The Labute approximate surface area is 140 Å². The number of rotatable bonds is 5. The van der Waals surface area contributed by atoms with Crippen molar-refractivity contribution >= 4 is 17.2 Å². The van der Waals surface area contributed by atoms with E-state index in [0.717, 1.165) is 24.9 Å². The van der Waals surface area contributed by atoms with E-state index >= 15 is 0 Å². The summed E-state index contributed by atoms with van der Waals surface area (Å²) in [6.07, 6.45) is 5.40. The van der Waals surface area contributed by atoms with Gasteiger partial charge < -0.3 is 4.90 Å². The lowest BCUT2D eigenvalue weighted by Gasteiger charge is -2.26. The van der Waals surface area contributed by atoms with E-state index in [0.29, 0.717) is 17.7 Å². The Morgan fingerprint density at radius 3 is 2.92 bits per heavy atom. The molecule has 0 spiro atoms. The van der Waals surface area contributed by atoms with Crippen molar-refractivity contribution < 1.29 is 9.72 Å². The fourth-order valence-electron chi connectivity index (χ4n) is 3.28. The van der Waals surface area contributed by atoms with Crippen LogP contribution >= 0.6 is 0 Å². The molecule has 0 N–H and O–H groups in total. The van der Waals surface area contributed by atoms with E-state index in [1.807, 2.05) is 17.9 Å². The maximum Gasteiger partial charge on any atom is 0.292 e. The van der Waals surface area contributed by atoms with E-state index in [2.05, 4.69) is 5.10 Å². The second-order valence-electron chi connectivity index (χ2n) is 6.27. The third kappa shape index (κ3) is 3.15. The van der Waals surface area contributed by atoms with Gasteiger partial charge in [-0.2, -0.15) is 5.10 Å². The molecule has 1 saturated heterocycles. The molecule has 7 nitrogen and oxygen atoms in total. The molecule has 3 rings (SSSR count). The highest BCUT2D eigenvalue weighted by molar-refractivity contribution is 5.96. The molecule has 0 aliphatic carbocycles. The SMILES string of the molecule is Cc1ccc([N+](=O)[O-])c(N2CCC[C@@H]2CC(=O)c2cnn(C)c2)c1. The molecule has 1 aromatic heterocycles. The van der Waals surface area contributed by atoms with Gasteiger partial charge in [0, 0.05) is 38.3 Å². The molecule has 126 valence electrons. The van der Waals surface area contributed by atoms with Gasteiger partial charge in [-0.15, -0.1) is 0 Å². The van der Waals surface area contributed by atoms with E-state index in [9.17, 15) is 14.9 Å². The standard InChI is InChI=1S/C17H20N4O3/c1-12-5-6-15(21(23)24)16(8-12)20-7-3-4-14(20)9-17(22)13-10-18-19(2)11-13/h5-6,8,10-11,14H,3-4,7,9H2,1-2H3/t14-/m1/s1. The summed E-state index contributed by atoms with van der Waals surface area (Å²) in [7, 11) is 1.77. The predicted molar refractivity (Wildman–Crippen MR) is 90.4 cm³/mol. The van der Waals surface area contributed by atoms with Gasteiger partial charge in [0.15, 0.2) is 5.78 Å². The number of hydrogen-bond acceptors (Lipinski definition) is 5. The van der Waals surface area contributed by atoms with E-state index in [1.165, 1.54) is 0 Å². The number of benzene rings is 1. The summed E-state index contributed by atoms with van der Waals surface area (Å²) >= 11 is 0. The number of nitro benzene ring substituents is 1. The first kappa shape index (κ1) is 16.2. The van der Waals surface area contributed by atoms with Crippen molar-refractivity contribution in [1.82, 2.24) is 9.78 Å². The number of ketones is 1. The summed E-state index contributed by atoms with van der Waals surface area (Å²) in [5.41, 5.74) is 2.27. The summed E-state index contributed by atoms with van der Waals surface area (Å²) in [6, 6.07) is 5.11. The molecule has 0 saturated carbocycles. The number of anilines is 1. The van der Waals surface area contributed by atoms with Crippen molar-refractivity contribution in [3.63, 3.8) is 0 Å². The van der Waals surface area contributed by atoms with Crippen LogP contribution in [0, 0.1) is 17.0 Å². The first-order chi connectivity index (χ1) is 11.5. The molecule has 7 heteroatoms. The average molecular weight is 328 g/mol. The van der Waals surface area contributed by atoms with Crippen LogP contribution in [0.5, 0.6) is 0 Å². The Morgan fingerprint density at radius 1 is 1.46 bits per heavy atom. The van der Waals surface area contributed by atoms with Crippen molar-refractivity contribution in [2.24, 2.45) is 7.05 Å². The summed E-state index contributed by atoms with van der Waals surface area (Å²) in [6.45, 7) is 2.65. The smallest absolute Gasteiger partial charge is 0.292 e. The molecule has 1 atom stereocenters. The zero-order chi connectivity index (χ0) is 17.3. The number of nitrogens with zero attached hydrogens (tertiary/aromatic N) is 4. The Balaban J connectivity index is 1.85. The molecule has 0 radical (unpaired) electrons. The number of hydrogen-bond donors (Lipinski definition) is 0. The minimum absolute atomic E-state index is 0.0155. The minimum atomic E-state index is -0.354. The number of aryl methyl sites for hydroxylation is 2. The maximum absolute atomic E-state index is 12.5. The lowest BCUT2D eigenvalue weighted by Crippen LogP contribution is -2.31. The highest BCUT2D eigenvalue weighted by Gasteiger charge is 2.31. The predicted octanol–water partition coefficient (Wildman–Crippen LogP) is 2.88. The normalized spacial score (nSPS) is 17.2. The van der Waals surface area contributed by atoms with Crippen LogP contribution in [0.4, 0.5) is 11.4 Å². The Kier molecular flexibility index (Phi) is 4.33. The van der Waals surface area contributed by atoms with Crippen molar-refractivity contribution in [3.05, 3.63) is 51.8 Å². The highest BCUT2D eigenvalue weighted by atomic mass is 16.6. The van der Waals surface area contributed by atoms with Crippen LogP contribution in [-0.2, 0) is 7.05 Å². The van der Waals surface area contributed by atoms with Crippen LogP contribution in [-0.4, -0.2) is 33.1 Å². The molecule has 1 aromatic carbocycles. The van der Waals surface area contributed by atoms with E-state index in [1.54, 1.807) is 36.3 Å². The average Bonchev–Trinajstić information content (AvgIpc) is 3.15. The van der Waals surface area contributed by atoms with Gasteiger partial charge in [0.05, 0.1) is 16.7 Å². The largest absolute Gasteiger partial charge is 0.363 e. The van der Waals surface area contributed by atoms with Crippen LogP contribution in [0.25, 0.3) is 0 Å². The fourth-order valence-corrected chi connectivity index (χ4v) is 3.28. The van der Waals surface area contributed by atoms with Crippen LogP contribution in [0.1, 0.15) is 35.2 Å². The van der Waals surface area contributed by atoms with Gasteiger partial charge in [0.25, 0.3) is 5.69 Å². The molecule has 0 unspecified atom stereocenters. The molecule has 0 amide bonds. The molecule has 1 aliphatic heterocycles. The van der Waals surface area contributed by atoms with Gasteiger partial charge in [-0.1, -0.05) is 6.07 Å². The van der Waals surface area contributed by atoms with Crippen LogP contribution < -0.4 is 4.90 Å². The Hall–Kier alpha value is -2.70. The van der Waals surface area contributed by atoms with Gasteiger partial charge in [-0.05, 0) is 31.4 Å². The summed E-state index contributed by atoms with van der Waals surface area (Å²) in [4.78, 5) is 25.5. The lowest BCUT2D eigenvalue weighted by atomic mass is 10.0. The quantitative estimate of drug-likeness (QED) is 0.479. The number of Topliss-reactive ketones (excluding diaryl/α,β-unsaturated/α-hetero) is 1. The second kappa shape index (κ2) is 6.43. The van der Waals surface area contributed by atoms with Crippen LogP contribution in [0.15, 0.2) is 30.6 Å². The maximum atomic E-state index is 12.5. The van der Waals surface area contributed by atoms with Crippen molar-refractivity contribution in [2.45, 2.75) is 32.2 Å². The van der Waals surface area contributed by atoms with Gasteiger partial charge >= 0.3 is 0 Å². The van der Waals surface area contributed by atoms with Crippen molar-refractivity contribution in [1.29, 1.82) is 0 Å². The fraction of sp³-hybridized carbons (Fsp3) is 0.412. The molecular formula is C17H20N4O3. The molecule has 24 heavy (non-hydrogen) atoms. The Bertz CT molecular complexity index is 784. The summed E-state index contributed by atoms with van der Waals surface area (Å²) in [5.74, 6) is 0.0234. The van der Waals surface area contributed by atoms with E-state index in [4.69, 9.17) is 0 Å². The molecular weight excluding hydrogens is 308 g/mol. The second-order valence-corrected chi connectivity index (χ2v) is 6.27. The molecule has 0 bridgehead atoms. The number of carbonyl (C=O) groups excluding carboxylic acids is 1. The van der Waals surface area contributed by atoms with Gasteiger partial charge in [0.1, 0.15) is 5.69 Å². The third-order valence-electron chi connectivity index (χ3n) is 4.46. The summed E-state index contributed by atoms with van der Waals surface area (Å²) in [5, 5.41) is 15.4. The Morgan fingerprint density at radius 2 is 2.25 bits per heavy atom. The van der Waals surface area contributed by atoms with Crippen LogP contribution in [0.2, 0.25) is 0 Å². The molecule has 2 aromatic rings. The van der Waals surface area contributed by atoms with Crippen molar-refractivity contribution in [3.8, 4) is 0 Å². The van der Waals surface area contributed by atoms with Crippen molar-refractivity contribution in [2.75, 3.05) is 11.4 Å². The van der Waals surface area contributed by atoms with Gasteiger partial charge in [0.2, 0.25) is 0 Å². The van der Waals surface area contributed by atoms with Crippen LogP contribution in [0.3, 0.4) is 0 Å². The lowest BCUT2D eigenvalue weighted by molar-refractivity contribution is -0.384. The first-order valence-electron chi connectivity index (χ1n) is 7.99. The molecule has 2 heterocycles. The topological polar surface area (TPSA) is 81.3 Å². The number of aromatic nitrogens is 2. The first-order valence-corrected chi connectivity index (χ1v) is 7.99. The van der Waals surface area contributed by atoms with E-state index in [-0.39, 0.29) is 22.4 Å². The van der Waals surface area contributed by atoms with Gasteiger partial charge in [-0.3, -0.25) is 19.6 Å². The molecule has 1 fully saturated rings. The monoisotopic (exact) mass is 328 g/mol. The third-order valence-corrected chi connectivity index (χ3v) is 4.46. The highest BCUT2D eigenvalue weighted by Crippen LogP contribution is 2.35. The number of nitro groups is 1. The number of carbonyl (C=O) groups is 1. The summed E-state index contributed by atoms with van der Waals surface area (Å²) < 4.78 is 1.60. The van der Waals surface area contributed by atoms with E-state index < -0.39 is 0 Å². The minimum Gasteiger partial charge on any atom is -0.363 e.